The molecule has 0 aliphatic carbocycles. The molecule has 1 amide bonds. The Kier molecular flexibility index (Phi) is 4.24. The number of nitrogens with zero attached hydrogens (tertiary/aromatic N) is 2. The quantitative estimate of drug-likeness (QED) is 0.735. The minimum absolute atomic E-state index is 0.197. The summed E-state index contributed by atoms with van der Waals surface area (Å²) in [4.78, 5) is 12.0. The molecule has 1 aromatic heterocycles. The van der Waals surface area contributed by atoms with Crippen molar-refractivity contribution in [2.75, 3.05) is 13.2 Å². The minimum Gasteiger partial charge on any atom is -0.492 e. The largest absolute Gasteiger partial charge is 0.492 e. The van der Waals surface area contributed by atoms with Gasteiger partial charge in [-0.1, -0.05) is 0 Å². The second-order valence-electron chi connectivity index (χ2n) is 4.53. The van der Waals surface area contributed by atoms with E-state index in [2.05, 4.69) is 14.1 Å². The number of aromatic nitrogens is 2. The standard InChI is InChI=1S/C15H12FN3O2S/c16-11-2-4-12(5-3-11)21-8-7-17-15(20)10-1-6-13-14(9-10)19-22-18-13/h1-6,9H,7-8H2,(H,17,20). The number of amides is 1. The summed E-state index contributed by atoms with van der Waals surface area (Å²) in [6.45, 7) is 0.654. The van der Waals surface area contributed by atoms with Crippen LogP contribution in [0, 0.1) is 5.82 Å². The van der Waals surface area contributed by atoms with Crippen LogP contribution < -0.4 is 10.1 Å². The molecule has 0 aliphatic heterocycles. The van der Waals surface area contributed by atoms with E-state index in [1.54, 1.807) is 30.3 Å². The summed E-state index contributed by atoms with van der Waals surface area (Å²) in [5, 5.41) is 2.75. The van der Waals surface area contributed by atoms with Crippen molar-refractivity contribution in [1.29, 1.82) is 0 Å². The molecule has 0 bridgehead atoms. The van der Waals surface area contributed by atoms with Crippen molar-refractivity contribution in [2.24, 2.45) is 0 Å². The summed E-state index contributed by atoms with van der Waals surface area (Å²) >= 11 is 1.11. The average Bonchev–Trinajstić information content (AvgIpc) is 3.00. The van der Waals surface area contributed by atoms with Gasteiger partial charge in [-0.25, -0.2) is 4.39 Å². The van der Waals surface area contributed by atoms with Crippen molar-refractivity contribution in [3.63, 3.8) is 0 Å². The molecule has 0 saturated heterocycles. The van der Waals surface area contributed by atoms with Gasteiger partial charge < -0.3 is 10.1 Å². The van der Waals surface area contributed by atoms with Crippen LogP contribution in [0.3, 0.4) is 0 Å². The van der Waals surface area contributed by atoms with E-state index in [0.717, 1.165) is 17.2 Å². The number of carbonyl (C=O) groups excluding carboxylic acids is 1. The maximum Gasteiger partial charge on any atom is 0.251 e. The molecule has 22 heavy (non-hydrogen) atoms. The number of halogens is 1. The van der Waals surface area contributed by atoms with Crippen LogP contribution in [0.15, 0.2) is 42.5 Å². The number of carbonyl (C=O) groups is 1. The molecule has 0 atom stereocenters. The normalized spacial score (nSPS) is 10.6. The molecule has 0 aliphatic rings. The Balaban J connectivity index is 1.50. The van der Waals surface area contributed by atoms with Gasteiger partial charge in [-0.3, -0.25) is 4.79 Å². The van der Waals surface area contributed by atoms with E-state index >= 15 is 0 Å². The van der Waals surface area contributed by atoms with E-state index < -0.39 is 0 Å². The van der Waals surface area contributed by atoms with Gasteiger partial charge in [0, 0.05) is 5.56 Å². The van der Waals surface area contributed by atoms with E-state index in [1.807, 2.05) is 0 Å². The lowest BCUT2D eigenvalue weighted by Crippen LogP contribution is -2.28. The summed E-state index contributed by atoms with van der Waals surface area (Å²) in [7, 11) is 0. The van der Waals surface area contributed by atoms with Crippen LogP contribution >= 0.6 is 11.7 Å². The Bertz CT molecular complexity index is 789. The molecule has 1 N–H and O–H groups in total. The highest BCUT2D eigenvalue weighted by molar-refractivity contribution is 7.00. The number of fused-ring (bicyclic) bond motifs is 1. The van der Waals surface area contributed by atoms with Crippen LogP contribution in [0.2, 0.25) is 0 Å². The fraction of sp³-hybridized carbons (Fsp3) is 0.133. The Morgan fingerprint density at radius 3 is 2.73 bits per heavy atom. The first-order valence-electron chi connectivity index (χ1n) is 6.61. The van der Waals surface area contributed by atoms with E-state index in [9.17, 15) is 9.18 Å². The smallest absolute Gasteiger partial charge is 0.251 e. The third-order valence-corrected chi connectivity index (χ3v) is 3.54. The monoisotopic (exact) mass is 317 g/mol. The summed E-state index contributed by atoms with van der Waals surface area (Å²) in [5.41, 5.74) is 2.02. The molecule has 0 saturated carbocycles. The van der Waals surface area contributed by atoms with Crippen molar-refractivity contribution in [1.82, 2.24) is 14.1 Å². The highest BCUT2D eigenvalue weighted by atomic mass is 32.1. The van der Waals surface area contributed by atoms with E-state index in [-0.39, 0.29) is 11.7 Å². The summed E-state index contributed by atoms with van der Waals surface area (Å²) in [5.74, 6) is 0.0517. The molecule has 2 aromatic carbocycles. The summed E-state index contributed by atoms with van der Waals surface area (Å²) in [6, 6.07) is 10.9. The third-order valence-electron chi connectivity index (χ3n) is 2.99. The Morgan fingerprint density at radius 2 is 1.91 bits per heavy atom. The molecule has 1 heterocycles. The van der Waals surface area contributed by atoms with Gasteiger partial charge >= 0.3 is 0 Å². The number of rotatable bonds is 5. The van der Waals surface area contributed by atoms with Crippen molar-refractivity contribution in [3.05, 3.63) is 53.8 Å². The number of benzene rings is 2. The molecular formula is C15H12FN3O2S. The van der Waals surface area contributed by atoms with Gasteiger partial charge in [0.1, 0.15) is 29.2 Å². The van der Waals surface area contributed by atoms with Crippen molar-refractivity contribution in [2.45, 2.75) is 0 Å². The highest BCUT2D eigenvalue weighted by Gasteiger charge is 2.07. The number of nitrogens with one attached hydrogen (secondary N) is 1. The average molecular weight is 317 g/mol. The van der Waals surface area contributed by atoms with Gasteiger partial charge in [-0.15, -0.1) is 0 Å². The van der Waals surface area contributed by atoms with Gasteiger partial charge in [0.15, 0.2) is 0 Å². The Labute approximate surface area is 130 Å². The molecule has 3 aromatic rings. The summed E-state index contributed by atoms with van der Waals surface area (Å²) in [6.07, 6.45) is 0. The molecule has 3 rings (SSSR count). The van der Waals surface area contributed by atoms with E-state index in [4.69, 9.17) is 4.74 Å². The van der Waals surface area contributed by atoms with Gasteiger partial charge in [-0.2, -0.15) is 8.75 Å². The predicted molar refractivity (Wildman–Crippen MR) is 81.6 cm³/mol. The van der Waals surface area contributed by atoms with Crippen LogP contribution in [0.4, 0.5) is 4.39 Å². The van der Waals surface area contributed by atoms with Gasteiger partial charge in [0.25, 0.3) is 5.91 Å². The van der Waals surface area contributed by atoms with Gasteiger partial charge in [0.05, 0.1) is 18.3 Å². The maximum absolute atomic E-state index is 12.7. The molecule has 0 spiro atoms. The van der Waals surface area contributed by atoms with E-state index in [1.165, 1.54) is 12.1 Å². The first kappa shape index (κ1) is 14.4. The lowest BCUT2D eigenvalue weighted by Gasteiger charge is -2.07. The molecule has 7 heteroatoms. The zero-order valence-electron chi connectivity index (χ0n) is 11.5. The van der Waals surface area contributed by atoms with Crippen LogP contribution in [0.1, 0.15) is 10.4 Å². The van der Waals surface area contributed by atoms with Crippen molar-refractivity contribution in [3.8, 4) is 5.75 Å². The third kappa shape index (κ3) is 3.37. The molecule has 0 fully saturated rings. The molecule has 5 nitrogen and oxygen atoms in total. The van der Waals surface area contributed by atoms with Crippen molar-refractivity contribution >= 4 is 28.7 Å². The SMILES string of the molecule is O=C(NCCOc1ccc(F)cc1)c1ccc2nsnc2c1. The summed E-state index contributed by atoms with van der Waals surface area (Å²) < 4.78 is 26.3. The lowest BCUT2D eigenvalue weighted by atomic mass is 10.2. The van der Waals surface area contributed by atoms with Gasteiger partial charge in [-0.05, 0) is 42.5 Å². The zero-order valence-corrected chi connectivity index (χ0v) is 12.3. The molecular weight excluding hydrogens is 305 g/mol. The molecule has 112 valence electrons. The predicted octanol–water partition coefficient (Wildman–Crippen LogP) is 2.64. The Hall–Kier alpha value is -2.54. The second kappa shape index (κ2) is 6.48. The molecule has 0 radical (unpaired) electrons. The Morgan fingerprint density at radius 1 is 1.14 bits per heavy atom. The van der Waals surface area contributed by atoms with Gasteiger partial charge in [0.2, 0.25) is 0 Å². The maximum atomic E-state index is 12.7. The first-order chi connectivity index (χ1) is 10.7. The fourth-order valence-electron chi connectivity index (χ4n) is 1.89. The molecule has 0 unspecified atom stereocenters. The number of ether oxygens (including phenoxy) is 1. The second-order valence-corrected chi connectivity index (χ2v) is 5.05. The first-order valence-corrected chi connectivity index (χ1v) is 7.34. The fourth-order valence-corrected chi connectivity index (χ4v) is 2.41. The topological polar surface area (TPSA) is 64.1 Å². The zero-order chi connectivity index (χ0) is 15.4. The van der Waals surface area contributed by atoms with E-state index in [0.29, 0.717) is 30.0 Å². The number of hydrogen-bond donors (Lipinski definition) is 1. The van der Waals surface area contributed by atoms with Crippen LogP contribution in [0.5, 0.6) is 5.75 Å². The highest BCUT2D eigenvalue weighted by Crippen LogP contribution is 2.13. The van der Waals surface area contributed by atoms with Crippen LogP contribution in [-0.4, -0.2) is 27.8 Å². The van der Waals surface area contributed by atoms with Crippen molar-refractivity contribution < 1.29 is 13.9 Å². The van der Waals surface area contributed by atoms with Crippen LogP contribution in [0.25, 0.3) is 11.0 Å². The lowest BCUT2D eigenvalue weighted by molar-refractivity contribution is 0.0947. The number of hydrogen-bond acceptors (Lipinski definition) is 5. The minimum atomic E-state index is -0.312. The van der Waals surface area contributed by atoms with Crippen LogP contribution in [-0.2, 0) is 0 Å².